The summed E-state index contributed by atoms with van der Waals surface area (Å²) in [5, 5.41) is 6.38. The average Bonchev–Trinajstić information content (AvgIpc) is 2.90. The number of aromatic nitrogens is 1. The van der Waals surface area contributed by atoms with E-state index < -0.39 is 0 Å². The fourth-order valence-electron chi connectivity index (χ4n) is 3.88. The SMILES string of the molecule is CCOC(=O)N1C2CCC1CC(NCCNC(=O)c1ccccn1)C2. The molecule has 7 nitrogen and oxygen atoms in total. The lowest BCUT2D eigenvalue weighted by Crippen LogP contribution is -2.52. The first kappa shape index (κ1) is 17.7. The van der Waals surface area contributed by atoms with E-state index in [1.165, 1.54) is 0 Å². The summed E-state index contributed by atoms with van der Waals surface area (Å²) in [5.74, 6) is -0.153. The number of fused-ring (bicyclic) bond motifs is 2. The molecule has 1 aromatic heterocycles. The number of nitrogens with zero attached hydrogens (tertiary/aromatic N) is 2. The maximum atomic E-state index is 12.1. The van der Waals surface area contributed by atoms with Gasteiger partial charge in [-0.3, -0.25) is 9.78 Å². The minimum atomic E-state index is -0.170. The molecule has 2 saturated heterocycles. The molecule has 3 rings (SSSR count). The topological polar surface area (TPSA) is 83.6 Å². The Morgan fingerprint density at radius 1 is 1.24 bits per heavy atom. The molecule has 2 bridgehead atoms. The van der Waals surface area contributed by atoms with Gasteiger partial charge in [-0.25, -0.2) is 4.79 Å². The van der Waals surface area contributed by atoms with Gasteiger partial charge in [0.15, 0.2) is 0 Å². The molecular weight excluding hydrogens is 320 g/mol. The van der Waals surface area contributed by atoms with E-state index in [2.05, 4.69) is 15.6 Å². The van der Waals surface area contributed by atoms with Crippen LogP contribution >= 0.6 is 0 Å². The molecule has 0 aromatic carbocycles. The Balaban J connectivity index is 1.39. The van der Waals surface area contributed by atoms with Gasteiger partial charge in [-0.05, 0) is 44.7 Å². The van der Waals surface area contributed by atoms with E-state index in [0.717, 1.165) is 25.7 Å². The van der Waals surface area contributed by atoms with Gasteiger partial charge in [-0.1, -0.05) is 6.07 Å². The van der Waals surface area contributed by atoms with Gasteiger partial charge in [0.05, 0.1) is 6.61 Å². The highest BCUT2D eigenvalue weighted by molar-refractivity contribution is 5.92. The Morgan fingerprint density at radius 3 is 2.64 bits per heavy atom. The van der Waals surface area contributed by atoms with Crippen molar-refractivity contribution in [3.8, 4) is 0 Å². The molecule has 2 N–H and O–H groups in total. The summed E-state index contributed by atoms with van der Waals surface area (Å²) in [7, 11) is 0. The number of piperidine rings is 1. The minimum absolute atomic E-state index is 0.153. The van der Waals surface area contributed by atoms with Crippen molar-refractivity contribution in [1.82, 2.24) is 20.5 Å². The molecule has 136 valence electrons. The maximum Gasteiger partial charge on any atom is 0.410 e. The normalized spacial score (nSPS) is 24.8. The lowest BCUT2D eigenvalue weighted by Gasteiger charge is -2.38. The summed E-state index contributed by atoms with van der Waals surface area (Å²) >= 11 is 0. The van der Waals surface area contributed by atoms with Crippen LogP contribution in [0.2, 0.25) is 0 Å². The predicted molar refractivity (Wildman–Crippen MR) is 93.3 cm³/mol. The molecule has 2 unspecified atom stereocenters. The standard InChI is InChI=1S/C18H26N4O3/c1-2-25-18(24)22-14-6-7-15(22)12-13(11-14)19-9-10-21-17(23)16-5-3-4-8-20-16/h3-5,8,13-15,19H,2,6-7,9-12H2,1H3,(H,21,23). The summed E-state index contributed by atoms with van der Waals surface area (Å²) in [6.45, 7) is 3.53. The molecule has 2 amide bonds. The highest BCUT2D eigenvalue weighted by Gasteiger charge is 2.43. The first-order valence-electron chi connectivity index (χ1n) is 9.06. The molecule has 2 fully saturated rings. The number of amides is 2. The van der Waals surface area contributed by atoms with Gasteiger partial charge in [-0.15, -0.1) is 0 Å². The monoisotopic (exact) mass is 346 g/mol. The van der Waals surface area contributed by atoms with Gasteiger partial charge in [0, 0.05) is 37.4 Å². The lowest BCUT2D eigenvalue weighted by atomic mass is 9.98. The Morgan fingerprint density at radius 2 is 2.00 bits per heavy atom. The lowest BCUT2D eigenvalue weighted by molar-refractivity contribution is 0.0659. The van der Waals surface area contributed by atoms with E-state index in [1.54, 1.807) is 24.4 Å². The fraction of sp³-hybridized carbons (Fsp3) is 0.611. The Hall–Kier alpha value is -2.15. The van der Waals surface area contributed by atoms with E-state index in [9.17, 15) is 9.59 Å². The largest absolute Gasteiger partial charge is 0.450 e. The number of hydrogen-bond acceptors (Lipinski definition) is 5. The van der Waals surface area contributed by atoms with E-state index in [0.29, 0.717) is 31.4 Å². The molecule has 2 atom stereocenters. The summed E-state index contributed by atoms with van der Waals surface area (Å²) in [4.78, 5) is 30.0. The maximum absolute atomic E-state index is 12.1. The summed E-state index contributed by atoms with van der Waals surface area (Å²) in [5.41, 5.74) is 0.434. The number of hydrogen-bond donors (Lipinski definition) is 2. The Labute approximate surface area is 148 Å². The zero-order chi connectivity index (χ0) is 17.6. The molecule has 0 saturated carbocycles. The quantitative estimate of drug-likeness (QED) is 0.764. The van der Waals surface area contributed by atoms with Crippen LogP contribution < -0.4 is 10.6 Å². The second kappa shape index (κ2) is 8.29. The second-order valence-electron chi connectivity index (χ2n) is 6.58. The molecule has 0 spiro atoms. The number of rotatable bonds is 6. The number of carbonyl (C=O) groups excluding carboxylic acids is 2. The molecule has 1 aromatic rings. The van der Waals surface area contributed by atoms with Gasteiger partial charge in [0.2, 0.25) is 0 Å². The van der Waals surface area contributed by atoms with Crippen molar-refractivity contribution in [3.63, 3.8) is 0 Å². The van der Waals surface area contributed by atoms with Crippen molar-refractivity contribution in [1.29, 1.82) is 0 Å². The third kappa shape index (κ3) is 4.28. The molecule has 2 aliphatic heterocycles. The van der Waals surface area contributed by atoms with E-state index >= 15 is 0 Å². The highest BCUT2D eigenvalue weighted by Crippen LogP contribution is 2.36. The minimum Gasteiger partial charge on any atom is -0.450 e. The van der Waals surface area contributed by atoms with Crippen LogP contribution in [0.4, 0.5) is 4.79 Å². The fourth-order valence-corrected chi connectivity index (χ4v) is 3.88. The van der Waals surface area contributed by atoms with Crippen LogP contribution in [0, 0.1) is 0 Å². The van der Waals surface area contributed by atoms with Gasteiger partial charge < -0.3 is 20.3 Å². The number of ether oxygens (including phenoxy) is 1. The number of carbonyl (C=O) groups is 2. The van der Waals surface area contributed by atoms with Gasteiger partial charge in [-0.2, -0.15) is 0 Å². The zero-order valence-corrected chi connectivity index (χ0v) is 14.6. The van der Waals surface area contributed by atoms with Crippen LogP contribution in [-0.2, 0) is 4.74 Å². The van der Waals surface area contributed by atoms with Crippen LogP contribution in [0.5, 0.6) is 0 Å². The molecule has 3 heterocycles. The number of pyridine rings is 1. The van der Waals surface area contributed by atoms with Crippen LogP contribution in [-0.4, -0.2) is 59.7 Å². The van der Waals surface area contributed by atoms with Crippen molar-refractivity contribution >= 4 is 12.0 Å². The van der Waals surface area contributed by atoms with Crippen LogP contribution in [0.3, 0.4) is 0 Å². The highest BCUT2D eigenvalue weighted by atomic mass is 16.6. The van der Waals surface area contributed by atoms with Gasteiger partial charge in [0.25, 0.3) is 5.91 Å². The van der Waals surface area contributed by atoms with Crippen molar-refractivity contribution in [2.45, 2.75) is 50.7 Å². The third-order valence-corrected chi connectivity index (χ3v) is 4.95. The predicted octanol–water partition coefficient (Wildman–Crippen LogP) is 1.55. The van der Waals surface area contributed by atoms with Crippen LogP contribution in [0.1, 0.15) is 43.1 Å². The van der Waals surface area contributed by atoms with Crippen molar-refractivity contribution in [3.05, 3.63) is 30.1 Å². The smallest absolute Gasteiger partial charge is 0.410 e. The second-order valence-corrected chi connectivity index (χ2v) is 6.58. The average molecular weight is 346 g/mol. The molecule has 7 heteroatoms. The molecule has 25 heavy (non-hydrogen) atoms. The van der Waals surface area contributed by atoms with Crippen LogP contribution in [0.25, 0.3) is 0 Å². The molecule has 0 radical (unpaired) electrons. The zero-order valence-electron chi connectivity index (χ0n) is 14.6. The Bertz CT molecular complexity index is 581. The van der Waals surface area contributed by atoms with Gasteiger partial charge >= 0.3 is 6.09 Å². The van der Waals surface area contributed by atoms with E-state index in [4.69, 9.17) is 4.74 Å². The van der Waals surface area contributed by atoms with E-state index in [-0.39, 0.29) is 24.1 Å². The third-order valence-electron chi connectivity index (χ3n) is 4.95. The summed E-state index contributed by atoms with van der Waals surface area (Å²) < 4.78 is 5.18. The van der Waals surface area contributed by atoms with Crippen molar-refractivity contribution < 1.29 is 14.3 Å². The summed E-state index contributed by atoms with van der Waals surface area (Å²) in [6, 6.07) is 6.22. The Kier molecular flexibility index (Phi) is 5.86. The molecule has 2 aliphatic rings. The van der Waals surface area contributed by atoms with E-state index in [1.807, 2.05) is 11.8 Å². The first-order chi connectivity index (χ1) is 12.2. The first-order valence-corrected chi connectivity index (χ1v) is 9.06. The van der Waals surface area contributed by atoms with Crippen molar-refractivity contribution in [2.24, 2.45) is 0 Å². The number of nitrogens with one attached hydrogen (secondary N) is 2. The van der Waals surface area contributed by atoms with Crippen LogP contribution in [0.15, 0.2) is 24.4 Å². The van der Waals surface area contributed by atoms with Gasteiger partial charge in [0.1, 0.15) is 5.69 Å². The van der Waals surface area contributed by atoms with Crippen molar-refractivity contribution in [2.75, 3.05) is 19.7 Å². The molecular formula is C18H26N4O3. The summed E-state index contributed by atoms with van der Waals surface area (Å²) in [6.07, 6.45) is 5.44. The molecule has 0 aliphatic carbocycles.